The Hall–Kier alpha value is -5.31. The van der Waals surface area contributed by atoms with Crippen LogP contribution in [0.15, 0.2) is 79.3 Å². The predicted molar refractivity (Wildman–Crippen MR) is 140 cm³/mol. The van der Waals surface area contributed by atoms with Gasteiger partial charge >= 0.3 is 12.1 Å². The summed E-state index contributed by atoms with van der Waals surface area (Å²) in [6, 6.07) is 20.1. The monoisotopic (exact) mass is 543 g/mol. The molecule has 0 saturated carbocycles. The third-order valence-corrected chi connectivity index (χ3v) is 5.98. The van der Waals surface area contributed by atoms with Crippen molar-refractivity contribution in [1.29, 1.82) is 0 Å². The number of hydrogen-bond acceptors (Lipinski definition) is 7. The Labute approximate surface area is 225 Å². The van der Waals surface area contributed by atoms with Gasteiger partial charge in [-0.15, -0.1) is 0 Å². The first kappa shape index (κ1) is 26.3. The van der Waals surface area contributed by atoms with Gasteiger partial charge in [0.1, 0.15) is 11.4 Å². The molecule has 12 heteroatoms. The number of hydrogen-bond donors (Lipinski definition) is 2. The average Bonchev–Trinajstić information content (AvgIpc) is 3.40. The topological polar surface area (TPSA) is 121 Å². The standard InChI is InChI=1S/C26H19N7.C2HF3O2/c1-2-4-19(5-3-1)21-16-33(17-21)26-28-13-11-24(31-26)25-27-12-10-22(30-25)8-6-18-7-9-23-20(14-18)15-29-32-23;3-2(4,5)1(6)7/h1-5,7,9-15,21H,16-17H2,(H,29,32);(H,6,7). The van der Waals surface area contributed by atoms with Crippen LogP contribution in [0, 0.1) is 11.8 Å². The molecule has 5 aromatic rings. The van der Waals surface area contributed by atoms with E-state index in [0.717, 1.165) is 29.6 Å². The van der Waals surface area contributed by atoms with Crippen molar-refractivity contribution in [3.05, 3.63) is 96.1 Å². The largest absolute Gasteiger partial charge is 0.490 e. The number of alkyl halides is 3. The van der Waals surface area contributed by atoms with Crippen molar-refractivity contribution in [2.24, 2.45) is 0 Å². The number of aliphatic carboxylic acids is 1. The highest BCUT2D eigenvalue weighted by molar-refractivity contribution is 5.79. The number of nitrogens with zero attached hydrogens (tertiary/aromatic N) is 6. The van der Waals surface area contributed by atoms with Crippen LogP contribution in [0.4, 0.5) is 19.1 Å². The summed E-state index contributed by atoms with van der Waals surface area (Å²) >= 11 is 0. The lowest BCUT2D eigenvalue weighted by atomic mass is 9.92. The van der Waals surface area contributed by atoms with Gasteiger partial charge in [-0.05, 0) is 41.8 Å². The van der Waals surface area contributed by atoms with Crippen molar-refractivity contribution in [3.63, 3.8) is 0 Å². The van der Waals surface area contributed by atoms with E-state index in [0.29, 0.717) is 29.1 Å². The normalized spacial score (nSPS) is 13.0. The van der Waals surface area contributed by atoms with Crippen molar-refractivity contribution in [2.45, 2.75) is 12.1 Å². The Morgan fingerprint density at radius 1 is 0.975 bits per heavy atom. The number of benzene rings is 2. The maximum atomic E-state index is 10.6. The quantitative estimate of drug-likeness (QED) is 0.321. The van der Waals surface area contributed by atoms with Gasteiger partial charge in [-0.25, -0.2) is 24.7 Å². The zero-order chi connectivity index (χ0) is 28.1. The zero-order valence-electron chi connectivity index (χ0n) is 20.7. The second kappa shape index (κ2) is 11.2. The number of carboxylic acids is 1. The molecule has 0 aliphatic carbocycles. The molecular weight excluding hydrogens is 523 g/mol. The molecule has 1 fully saturated rings. The molecule has 9 nitrogen and oxygen atoms in total. The van der Waals surface area contributed by atoms with Crippen LogP contribution in [-0.4, -0.2) is 60.5 Å². The molecular formula is C28H20F3N7O2. The Morgan fingerprint density at radius 3 is 2.48 bits per heavy atom. The molecule has 0 bridgehead atoms. The van der Waals surface area contributed by atoms with Crippen LogP contribution < -0.4 is 4.90 Å². The molecule has 40 heavy (non-hydrogen) atoms. The van der Waals surface area contributed by atoms with Crippen molar-refractivity contribution in [1.82, 2.24) is 30.1 Å². The Morgan fingerprint density at radius 2 is 1.73 bits per heavy atom. The SMILES string of the molecule is C(#Cc1ccnc(-c2ccnc(N3CC(c4ccccc4)C3)n2)n1)c1ccc2[nH]ncc2c1.O=C(O)C(F)(F)F. The van der Waals surface area contributed by atoms with Crippen molar-refractivity contribution in [2.75, 3.05) is 18.0 Å². The third kappa shape index (κ3) is 6.21. The van der Waals surface area contributed by atoms with E-state index < -0.39 is 12.1 Å². The molecule has 1 aliphatic rings. The molecule has 2 N–H and O–H groups in total. The van der Waals surface area contributed by atoms with Crippen LogP contribution in [0.2, 0.25) is 0 Å². The summed E-state index contributed by atoms with van der Waals surface area (Å²) in [6.07, 6.45) is 0.175. The van der Waals surface area contributed by atoms with E-state index in [1.54, 1.807) is 24.7 Å². The first-order chi connectivity index (χ1) is 19.3. The van der Waals surface area contributed by atoms with Gasteiger partial charge in [-0.3, -0.25) is 5.10 Å². The van der Waals surface area contributed by atoms with E-state index in [2.05, 4.69) is 66.2 Å². The number of H-pyrrole nitrogens is 1. The van der Waals surface area contributed by atoms with Gasteiger partial charge in [-0.1, -0.05) is 36.3 Å². The third-order valence-electron chi connectivity index (χ3n) is 5.98. The number of aromatic nitrogens is 6. The number of carboxylic acid groups (broad SMARTS) is 1. The summed E-state index contributed by atoms with van der Waals surface area (Å²) in [5.74, 6) is 5.28. The number of nitrogens with one attached hydrogen (secondary N) is 1. The van der Waals surface area contributed by atoms with Crippen LogP contribution >= 0.6 is 0 Å². The second-order valence-electron chi connectivity index (χ2n) is 8.74. The highest BCUT2D eigenvalue weighted by atomic mass is 19.4. The van der Waals surface area contributed by atoms with Gasteiger partial charge in [0.25, 0.3) is 0 Å². The van der Waals surface area contributed by atoms with Gasteiger partial charge in [0.2, 0.25) is 5.95 Å². The number of anilines is 1. The molecule has 3 aromatic heterocycles. The van der Waals surface area contributed by atoms with E-state index >= 15 is 0 Å². The van der Waals surface area contributed by atoms with Crippen molar-refractivity contribution in [3.8, 4) is 23.4 Å². The lowest BCUT2D eigenvalue weighted by Gasteiger charge is -2.39. The van der Waals surface area contributed by atoms with Crippen LogP contribution in [0.25, 0.3) is 22.4 Å². The molecule has 0 spiro atoms. The molecule has 6 rings (SSSR count). The van der Waals surface area contributed by atoms with Crippen molar-refractivity contribution < 1.29 is 23.1 Å². The van der Waals surface area contributed by atoms with E-state index in [9.17, 15) is 13.2 Å². The van der Waals surface area contributed by atoms with Gasteiger partial charge in [0.15, 0.2) is 5.82 Å². The minimum Gasteiger partial charge on any atom is -0.475 e. The number of rotatable bonds is 3. The lowest BCUT2D eigenvalue weighted by Crippen LogP contribution is -2.46. The molecule has 0 unspecified atom stereocenters. The fourth-order valence-corrected chi connectivity index (χ4v) is 3.91. The molecule has 1 aliphatic heterocycles. The number of aromatic amines is 1. The Kier molecular flexibility index (Phi) is 7.37. The summed E-state index contributed by atoms with van der Waals surface area (Å²) in [7, 11) is 0. The summed E-state index contributed by atoms with van der Waals surface area (Å²) in [5.41, 5.74) is 4.57. The van der Waals surface area contributed by atoms with Gasteiger partial charge in [0.05, 0.1) is 11.7 Å². The molecule has 0 radical (unpaired) electrons. The van der Waals surface area contributed by atoms with Crippen LogP contribution in [-0.2, 0) is 4.79 Å². The minimum atomic E-state index is -5.08. The smallest absolute Gasteiger partial charge is 0.475 e. The van der Waals surface area contributed by atoms with E-state index in [4.69, 9.17) is 14.9 Å². The maximum absolute atomic E-state index is 10.6. The second-order valence-corrected chi connectivity index (χ2v) is 8.74. The fourth-order valence-electron chi connectivity index (χ4n) is 3.91. The van der Waals surface area contributed by atoms with Crippen LogP contribution in [0.3, 0.4) is 0 Å². The first-order valence-electron chi connectivity index (χ1n) is 12.0. The van der Waals surface area contributed by atoms with Gasteiger partial charge in [-0.2, -0.15) is 18.3 Å². The Bertz CT molecular complexity index is 1710. The minimum absolute atomic E-state index is 0.509. The van der Waals surface area contributed by atoms with E-state index in [1.165, 1.54) is 5.56 Å². The molecule has 200 valence electrons. The number of carbonyl (C=O) groups is 1. The van der Waals surface area contributed by atoms with Gasteiger partial charge in [0, 0.05) is 42.4 Å². The lowest BCUT2D eigenvalue weighted by molar-refractivity contribution is -0.192. The molecule has 0 amide bonds. The fraction of sp³-hybridized carbons (Fsp3) is 0.143. The Balaban J connectivity index is 0.000000411. The van der Waals surface area contributed by atoms with Crippen LogP contribution in [0.1, 0.15) is 22.7 Å². The summed E-state index contributed by atoms with van der Waals surface area (Å²) in [4.78, 5) is 29.3. The van der Waals surface area contributed by atoms with E-state index in [-0.39, 0.29) is 0 Å². The summed E-state index contributed by atoms with van der Waals surface area (Å²) in [6.45, 7) is 1.81. The molecule has 1 saturated heterocycles. The predicted octanol–water partition coefficient (Wildman–Crippen LogP) is 4.45. The number of fused-ring (bicyclic) bond motifs is 1. The van der Waals surface area contributed by atoms with Crippen molar-refractivity contribution >= 4 is 22.8 Å². The highest BCUT2D eigenvalue weighted by Gasteiger charge is 2.38. The van der Waals surface area contributed by atoms with E-state index in [1.807, 2.05) is 30.3 Å². The summed E-state index contributed by atoms with van der Waals surface area (Å²) < 4.78 is 31.7. The molecule has 0 atom stereocenters. The number of halogens is 3. The molecule has 2 aromatic carbocycles. The highest BCUT2D eigenvalue weighted by Crippen LogP contribution is 2.30. The zero-order valence-corrected chi connectivity index (χ0v) is 20.7. The van der Waals surface area contributed by atoms with Crippen LogP contribution in [0.5, 0.6) is 0 Å². The molecule has 4 heterocycles. The summed E-state index contributed by atoms with van der Waals surface area (Å²) in [5, 5.41) is 15.1. The average molecular weight is 544 g/mol. The maximum Gasteiger partial charge on any atom is 0.490 e. The van der Waals surface area contributed by atoms with Gasteiger partial charge < -0.3 is 10.0 Å². The first-order valence-corrected chi connectivity index (χ1v) is 12.0.